The van der Waals surface area contributed by atoms with E-state index < -0.39 is 44.9 Å². The van der Waals surface area contributed by atoms with Crippen LogP contribution < -0.4 is 0 Å². The summed E-state index contributed by atoms with van der Waals surface area (Å²) in [5.74, 6) is -1.05. The normalized spacial score (nSPS) is 26.6. The van der Waals surface area contributed by atoms with Crippen LogP contribution in [0.25, 0.3) is 0 Å². The maximum absolute atomic E-state index is 13.9. The molecule has 4 nitrogen and oxygen atoms in total. The highest BCUT2D eigenvalue weighted by molar-refractivity contribution is 6.74. The van der Waals surface area contributed by atoms with E-state index in [1.807, 2.05) is 47.7 Å². The molecule has 1 aliphatic rings. The Bertz CT molecular complexity index is 496. The van der Waals surface area contributed by atoms with Crippen LogP contribution in [0.1, 0.15) is 48.5 Å². The molecule has 0 amide bonds. The standard InChI is InChI=1S/C18H34F2O4Si/c1-12(2)10-13-14(24-17(6,7)23-13)18(21,15(19)20)11-22-25(8,9)16(3,4)5/h10,13-15,21H,11H2,1-9H3/t13-,14-,18+/m0/s1. The van der Waals surface area contributed by atoms with Gasteiger partial charge in [-0.05, 0) is 45.8 Å². The Labute approximate surface area is 151 Å². The van der Waals surface area contributed by atoms with Crippen molar-refractivity contribution >= 4 is 8.32 Å². The van der Waals surface area contributed by atoms with Crippen molar-refractivity contribution < 1.29 is 27.8 Å². The molecule has 25 heavy (non-hydrogen) atoms. The van der Waals surface area contributed by atoms with Crippen LogP contribution in [0.3, 0.4) is 0 Å². The monoisotopic (exact) mass is 380 g/mol. The van der Waals surface area contributed by atoms with E-state index in [2.05, 4.69) is 0 Å². The Morgan fingerprint density at radius 1 is 1.24 bits per heavy atom. The van der Waals surface area contributed by atoms with E-state index in [9.17, 15) is 13.9 Å². The molecule has 148 valence electrons. The fourth-order valence-electron chi connectivity index (χ4n) is 2.41. The van der Waals surface area contributed by atoms with Crippen LogP contribution >= 0.6 is 0 Å². The molecule has 1 saturated heterocycles. The zero-order valence-corrected chi connectivity index (χ0v) is 17.9. The smallest absolute Gasteiger partial charge is 0.271 e. The van der Waals surface area contributed by atoms with Crippen molar-refractivity contribution in [2.75, 3.05) is 6.61 Å². The van der Waals surface area contributed by atoms with Crippen molar-refractivity contribution in [2.24, 2.45) is 0 Å². The third kappa shape index (κ3) is 5.32. The maximum atomic E-state index is 13.9. The highest BCUT2D eigenvalue weighted by Crippen LogP contribution is 2.41. The van der Waals surface area contributed by atoms with Gasteiger partial charge in [-0.15, -0.1) is 0 Å². The lowest BCUT2D eigenvalue weighted by Gasteiger charge is -2.41. The van der Waals surface area contributed by atoms with Crippen molar-refractivity contribution in [2.45, 2.75) is 96.6 Å². The van der Waals surface area contributed by atoms with E-state index in [1.54, 1.807) is 19.9 Å². The van der Waals surface area contributed by atoms with Gasteiger partial charge in [0.15, 0.2) is 19.7 Å². The fraction of sp³-hybridized carbons (Fsp3) is 0.889. The Hall–Kier alpha value is -0.343. The topological polar surface area (TPSA) is 47.9 Å². The average molecular weight is 381 g/mol. The highest BCUT2D eigenvalue weighted by Gasteiger charge is 2.57. The van der Waals surface area contributed by atoms with Gasteiger partial charge in [-0.2, -0.15) is 0 Å². The van der Waals surface area contributed by atoms with E-state index in [-0.39, 0.29) is 5.04 Å². The first-order valence-corrected chi connectivity index (χ1v) is 11.6. The van der Waals surface area contributed by atoms with Crippen LogP contribution in [-0.4, -0.2) is 50.1 Å². The summed E-state index contributed by atoms with van der Waals surface area (Å²) in [6.45, 7) is 16.5. The zero-order chi connectivity index (χ0) is 19.8. The summed E-state index contributed by atoms with van der Waals surface area (Å²) in [5, 5.41) is 10.7. The third-order valence-corrected chi connectivity index (χ3v) is 9.45. The van der Waals surface area contributed by atoms with Crippen molar-refractivity contribution in [3.8, 4) is 0 Å². The second kappa shape index (κ2) is 7.35. The summed E-state index contributed by atoms with van der Waals surface area (Å²) in [6, 6.07) is 0. The number of allylic oxidation sites excluding steroid dienone is 1. The molecule has 0 aromatic rings. The Kier molecular flexibility index (Phi) is 6.67. The van der Waals surface area contributed by atoms with Crippen molar-refractivity contribution in [3.63, 3.8) is 0 Å². The van der Waals surface area contributed by atoms with Gasteiger partial charge in [0.25, 0.3) is 6.43 Å². The first kappa shape index (κ1) is 22.7. The summed E-state index contributed by atoms with van der Waals surface area (Å²) < 4.78 is 45.1. The first-order chi connectivity index (χ1) is 11.0. The molecular formula is C18H34F2O4Si. The van der Waals surface area contributed by atoms with Crippen molar-refractivity contribution in [3.05, 3.63) is 11.6 Å². The predicted octanol–water partition coefficient (Wildman–Crippen LogP) is 4.49. The lowest BCUT2D eigenvalue weighted by molar-refractivity contribution is -0.211. The SMILES string of the molecule is CC(C)=C[C@@H]1OC(C)(C)O[C@@H]1[C@](O)(CO[Si](C)(C)C(C)(C)C)C(F)F. The molecule has 0 aliphatic carbocycles. The fourth-order valence-corrected chi connectivity index (χ4v) is 3.43. The summed E-state index contributed by atoms with van der Waals surface area (Å²) >= 11 is 0. The van der Waals surface area contributed by atoms with Crippen LogP contribution in [0.4, 0.5) is 8.78 Å². The largest absolute Gasteiger partial charge is 0.414 e. The van der Waals surface area contributed by atoms with Gasteiger partial charge in [-0.3, -0.25) is 0 Å². The van der Waals surface area contributed by atoms with E-state index in [0.717, 1.165) is 5.57 Å². The minimum absolute atomic E-state index is 0.151. The molecule has 0 aromatic heterocycles. The highest BCUT2D eigenvalue weighted by atomic mass is 28.4. The van der Waals surface area contributed by atoms with E-state index >= 15 is 0 Å². The van der Waals surface area contributed by atoms with Crippen LogP contribution in [-0.2, 0) is 13.9 Å². The Morgan fingerprint density at radius 3 is 2.16 bits per heavy atom. The molecule has 1 rings (SSSR count). The van der Waals surface area contributed by atoms with Crippen molar-refractivity contribution in [1.29, 1.82) is 0 Å². The maximum Gasteiger partial charge on any atom is 0.271 e. The van der Waals surface area contributed by atoms with Gasteiger partial charge >= 0.3 is 0 Å². The Morgan fingerprint density at radius 2 is 1.76 bits per heavy atom. The van der Waals surface area contributed by atoms with Gasteiger partial charge in [0, 0.05) is 0 Å². The van der Waals surface area contributed by atoms with E-state index in [1.165, 1.54) is 0 Å². The summed E-state index contributed by atoms with van der Waals surface area (Å²) in [7, 11) is -2.31. The molecule has 0 aromatic carbocycles. The molecule has 0 spiro atoms. The number of ether oxygens (including phenoxy) is 2. The number of hydrogen-bond acceptors (Lipinski definition) is 4. The van der Waals surface area contributed by atoms with Gasteiger partial charge in [-0.25, -0.2) is 8.78 Å². The molecule has 0 unspecified atom stereocenters. The Balaban J connectivity index is 3.13. The molecule has 3 atom stereocenters. The summed E-state index contributed by atoms with van der Waals surface area (Å²) in [5.41, 5.74) is -1.54. The third-order valence-electron chi connectivity index (χ3n) is 4.97. The second-order valence-corrected chi connectivity index (χ2v) is 13.9. The first-order valence-electron chi connectivity index (χ1n) is 8.67. The van der Waals surface area contributed by atoms with Crippen LogP contribution in [0.5, 0.6) is 0 Å². The molecular weight excluding hydrogens is 346 g/mol. The minimum Gasteiger partial charge on any atom is -0.414 e. The second-order valence-electron chi connectivity index (χ2n) is 9.11. The molecule has 0 bridgehead atoms. The molecule has 0 saturated carbocycles. The molecule has 1 heterocycles. The van der Waals surface area contributed by atoms with Gasteiger partial charge < -0.3 is 19.0 Å². The van der Waals surface area contributed by atoms with Gasteiger partial charge in [0.2, 0.25) is 0 Å². The molecule has 1 aliphatic heterocycles. The van der Waals surface area contributed by atoms with E-state index in [4.69, 9.17) is 13.9 Å². The lowest BCUT2D eigenvalue weighted by atomic mass is 9.93. The summed E-state index contributed by atoms with van der Waals surface area (Å²) in [6.07, 6.45) is -3.28. The van der Waals surface area contributed by atoms with Gasteiger partial charge in [0.05, 0.1) is 6.61 Å². The molecule has 7 heteroatoms. The number of aliphatic hydroxyl groups is 1. The lowest BCUT2D eigenvalue weighted by Crippen LogP contribution is -2.58. The van der Waals surface area contributed by atoms with Gasteiger partial charge in [0.1, 0.15) is 12.2 Å². The number of hydrogen-bond donors (Lipinski definition) is 1. The predicted molar refractivity (Wildman–Crippen MR) is 97.4 cm³/mol. The van der Waals surface area contributed by atoms with Crippen LogP contribution in [0, 0.1) is 0 Å². The van der Waals surface area contributed by atoms with Gasteiger partial charge in [-0.1, -0.05) is 32.4 Å². The minimum atomic E-state index is -3.02. The number of alkyl halides is 2. The molecule has 0 radical (unpaired) electrons. The van der Waals surface area contributed by atoms with Crippen LogP contribution in [0.15, 0.2) is 11.6 Å². The molecule has 1 N–H and O–H groups in total. The summed E-state index contributed by atoms with van der Waals surface area (Å²) in [4.78, 5) is 0. The number of halogens is 2. The molecule has 1 fully saturated rings. The zero-order valence-electron chi connectivity index (χ0n) is 16.9. The average Bonchev–Trinajstić information content (AvgIpc) is 2.69. The quantitative estimate of drug-likeness (QED) is 0.545. The van der Waals surface area contributed by atoms with Crippen molar-refractivity contribution in [1.82, 2.24) is 0 Å². The van der Waals surface area contributed by atoms with E-state index in [0.29, 0.717) is 0 Å². The number of rotatable bonds is 6. The van der Waals surface area contributed by atoms with Crippen LogP contribution in [0.2, 0.25) is 18.1 Å².